The fourth-order valence-electron chi connectivity index (χ4n) is 2.17. The van der Waals surface area contributed by atoms with Crippen LogP contribution in [0.4, 0.5) is 0 Å². The lowest BCUT2D eigenvalue weighted by Crippen LogP contribution is -2.38. The van der Waals surface area contributed by atoms with Crippen LogP contribution in [-0.4, -0.2) is 46.9 Å². The second-order valence-electron chi connectivity index (χ2n) is 5.41. The van der Waals surface area contributed by atoms with E-state index in [1.54, 1.807) is 23.1 Å². The molecular formula is C17H24N2O4. The predicted octanol–water partition coefficient (Wildman–Crippen LogP) is 2.15. The van der Waals surface area contributed by atoms with E-state index in [-0.39, 0.29) is 11.5 Å². The van der Waals surface area contributed by atoms with Crippen molar-refractivity contribution in [2.75, 3.05) is 13.1 Å². The summed E-state index contributed by atoms with van der Waals surface area (Å²) in [5.74, 6) is -1.73. The molecule has 1 aromatic rings. The Morgan fingerprint density at radius 3 is 2.22 bits per heavy atom. The molecule has 1 aromatic carbocycles. The van der Waals surface area contributed by atoms with Crippen LogP contribution in [0.15, 0.2) is 24.3 Å². The van der Waals surface area contributed by atoms with Gasteiger partial charge in [0.15, 0.2) is 0 Å². The van der Waals surface area contributed by atoms with Gasteiger partial charge in [-0.25, -0.2) is 0 Å². The maximum atomic E-state index is 12.5. The van der Waals surface area contributed by atoms with Crippen molar-refractivity contribution in [2.45, 2.75) is 39.7 Å². The minimum absolute atomic E-state index is 0.116. The third kappa shape index (κ3) is 5.39. The third-order valence-corrected chi connectivity index (χ3v) is 3.36. The average Bonchev–Trinajstić information content (AvgIpc) is 2.53. The van der Waals surface area contributed by atoms with E-state index in [2.05, 4.69) is 5.32 Å². The fraction of sp³-hybridized carbons (Fsp3) is 0.471. The summed E-state index contributed by atoms with van der Waals surface area (Å²) in [4.78, 5) is 37.1. The fourth-order valence-corrected chi connectivity index (χ4v) is 2.17. The monoisotopic (exact) mass is 320 g/mol. The van der Waals surface area contributed by atoms with Crippen LogP contribution in [0.1, 0.15) is 54.3 Å². The Morgan fingerprint density at radius 1 is 1.13 bits per heavy atom. The van der Waals surface area contributed by atoms with Crippen LogP contribution in [0.2, 0.25) is 0 Å². The predicted molar refractivity (Wildman–Crippen MR) is 87.5 cm³/mol. The zero-order valence-electron chi connectivity index (χ0n) is 13.8. The van der Waals surface area contributed by atoms with Gasteiger partial charge in [-0.05, 0) is 38.0 Å². The van der Waals surface area contributed by atoms with Crippen LogP contribution < -0.4 is 5.32 Å². The Morgan fingerprint density at radius 2 is 1.70 bits per heavy atom. The number of rotatable bonds is 8. The van der Waals surface area contributed by atoms with Crippen LogP contribution in [0.5, 0.6) is 0 Å². The minimum Gasteiger partial charge on any atom is -0.480 e. The Kier molecular flexibility index (Phi) is 7.25. The lowest BCUT2D eigenvalue weighted by molar-refractivity contribution is -0.138. The molecule has 23 heavy (non-hydrogen) atoms. The number of nitrogens with zero attached hydrogens (tertiary/aromatic N) is 1. The van der Waals surface area contributed by atoms with E-state index in [9.17, 15) is 14.4 Å². The summed E-state index contributed by atoms with van der Waals surface area (Å²) in [5.41, 5.74) is 0.708. The van der Waals surface area contributed by atoms with Gasteiger partial charge < -0.3 is 15.3 Å². The van der Waals surface area contributed by atoms with Crippen molar-refractivity contribution in [3.63, 3.8) is 0 Å². The van der Waals surface area contributed by atoms with Gasteiger partial charge in [-0.2, -0.15) is 0 Å². The number of carboxylic acid groups (broad SMARTS) is 1. The Balaban J connectivity index is 2.92. The molecule has 0 fully saturated rings. The third-order valence-electron chi connectivity index (χ3n) is 3.36. The number of hydrogen-bond donors (Lipinski definition) is 2. The number of benzene rings is 1. The van der Waals surface area contributed by atoms with Crippen LogP contribution in [-0.2, 0) is 4.79 Å². The number of hydrogen-bond acceptors (Lipinski definition) is 3. The van der Waals surface area contributed by atoms with E-state index < -0.39 is 17.9 Å². The quantitative estimate of drug-likeness (QED) is 0.768. The van der Waals surface area contributed by atoms with Crippen molar-refractivity contribution >= 4 is 17.8 Å². The van der Waals surface area contributed by atoms with Crippen molar-refractivity contribution in [1.29, 1.82) is 0 Å². The lowest BCUT2D eigenvalue weighted by Gasteiger charge is -2.21. The van der Waals surface area contributed by atoms with Crippen molar-refractivity contribution in [3.05, 3.63) is 35.4 Å². The highest BCUT2D eigenvalue weighted by atomic mass is 16.4. The molecule has 2 N–H and O–H groups in total. The first-order valence-electron chi connectivity index (χ1n) is 7.83. The molecule has 126 valence electrons. The van der Waals surface area contributed by atoms with Crippen molar-refractivity contribution in [1.82, 2.24) is 10.2 Å². The largest absolute Gasteiger partial charge is 0.480 e. The molecular weight excluding hydrogens is 296 g/mol. The van der Waals surface area contributed by atoms with Crippen LogP contribution >= 0.6 is 0 Å². The van der Waals surface area contributed by atoms with E-state index in [0.29, 0.717) is 18.7 Å². The molecule has 0 spiro atoms. The zero-order valence-corrected chi connectivity index (χ0v) is 13.8. The standard InChI is InChI=1S/C17H24N2O4/c1-4-9-19(10-5-2)16(21)14-8-6-7-13(11-14)15(20)18-12(3)17(22)23/h6-8,11-12H,4-5,9-10H2,1-3H3,(H,18,20)(H,22,23)/t12-/m0/s1. The van der Waals surface area contributed by atoms with Gasteiger partial charge in [0.2, 0.25) is 0 Å². The lowest BCUT2D eigenvalue weighted by atomic mass is 10.1. The van der Waals surface area contributed by atoms with Gasteiger partial charge in [0.05, 0.1) is 0 Å². The number of aliphatic carboxylic acids is 1. The van der Waals surface area contributed by atoms with Gasteiger partial charge in [-0.1, -0.05) is 19.9 Å². The molecule has 6 heteroatoms. The average molecular weight is 320 g/mol. The van der Waals surface area contributed by atoms with Gasteiger partial charge in [0.25, 0.3) is 11.8 Å². The molecule has 0 saturated carbocycles. The van der Waals surface area contributed by atoms with E-state index in [1.165, 1.54) is 13.0 Å². The van der Waals surface area contributed by atoms with Crippen LogP contribution in [0.3, 0.4) is 0 Å². The van der Waals surface area contributed by atoms with E-state index >= 15 is 0 Å². The van der Waals surface area contributed by atoms with Crippen molar-refractivity contribution < 1.29 is 19.5 Å². The molecule has 0 unspecified atom stereocenters. The number of carboxylic acids is 1. The molecule has 0 radical (unpaired) electrons. The molecule has 6 nitrogen and oxygen atoms in total. The SMILES string of the molecule is CCCN(CCC)C(=O)c1cccc(C(=O)N[C@@H](C)C(=O)O)c1. The topological polar surface area (TPSA) is 86.7 Å². The van der Waals surface area contributed by atoms with Gasteiger partial charge in [-0.15, -0.1) is 0 Å². The first kappa shape index (κ1) is 18.7. The van der Waals surface area contributed by atoms with Gasteiger partial charge in [0, 0.05) is 24.2 Å². The highest BCUT2D eigenvalue weighted by molar-refractivity contribution is 6.00. The molecule has 1 rings (SSSR count). The van der Waals surface area contributed by atoms with E-state index in [4.69, 9.17) is 5.11 Å². The van der Waals surface area contributed by atoms with Gasteiger partial charge in [-0.3, -0.25) is 14.4 Å². The van der Waals surface area contributed by atoms with Gasteiger partial charge >= 0.3 is 5.97 Å². The summed E-state index contributed by atoms with van der Waals surface area (Å²) < 4.78 is 0. The molecule has 0 heterocycles. The maximum Gasteiger partial charge on any atom is 0.325 e. The van der Waals surface area contributed by atoms with E-state index in [1.807, 2.05) is 13.8 Å². The van der Waals surface area contributed by atoms with E-state index in [0.717, 1.165) is 12.8 Å². The summed E-state index contributed by atoms with van der Waals surface area (Å²) in [5, 5.41) is 11.2. The second-order valence-corrected chi connectivity index (χ2v) is 5.41. The Labute approximate surface area is 136 Å². The molecule has 1 atom stereocenters. The smallest absolute Gasteiger partial charge is 0.325 e. The Hall–Kier alpha value is -2.37. The minimum atomic E-state index is -1.11. The summed E-state index contributed by atoms with van der Waals surface area (Å²) in [6, 6.07) is 5.37. The molecule has 0 aromatic heterocycles. The summed E-state index contributed by atoms with van der Waals surface area (Å²) >= 11 is 0. The molecule has 0 bridgehead atoms. The number of nitrogens with one attached hydrogen (secondary N) is 1. The maximum absolute atomic E-state index is 12.5. The number of carbonyl (C=O) groups is 3. The van der Waals surface area contributed by atoms with Crippen molar-refractivity contribution in [2.24, 2.45) is 0 Å². The molecule has 0 saturated heterocycles. The highest BCUT2D eigenvalue weighted by Gasteiger charge is 2.18. The highest BCUT2D eigenvalue weighted by Crippen LogP contribution is 2.10. The first-order valence-corrected chi connectivity index (χ1v) is 7.83. The molecule has 0 aliphatic rings. The summed E-state index contributed by atoms with van der Waals surface area (Å²) in [6.07, 6.45) is 1.73. The molecule has 0 aliphatic heterocycles. The summed E-state index contributed by atoms with van der Waals surface area (Å²) in [6.45, 7) is 6.73. The van der Waals surface area contributed by atoms with Crippen LogP contribution in [0, 0.1) is 0 Å². The number of amides is 2. The van der Waals surface area contributed by atoms with Crippen LogP contribution in [0.25, 0.3) is 0 Å². The van der Waals surface area contributed by atoms with Crippen molar-refractivity contribution in [3.8, 4) is 0 Å². The second kappa shape index (κ2) is 8.92. The zero-order chi connectivity index (χ0) is 17.4. The first-order chi connectivity index (χ1) is 10.9. The summed E-state index contributed by atoms with van der Waals surface area (Å²) in [7, 11) is 0. The van der Waals surface area contributed by atoms with Gasteiger partial charge in [0.1, 0.15) is 6.04 Å². The molecule has 0 aliphatic carbocycles. The number of carbonyl (C=O) groups excluding carboxylic acids is 2. The Bertz CT molecular complexity index is 565. The molecule has 2 amide bonds. The normalized spacial score (nSPS) is 11.6.